The fraction of sp³-hybridized carbons (Fsp3) is 0.500. The number of hydrogen-bond acceptors (Lipinski definition) is 3. The third kappa shape index (κ3) is 2.07. The summed E-state index contributed by atoms with van der Waals surface area (Å²) in [5.74, 6) is 0.507. The molecule has 0 spiro atoms. The molecule has 1 aliphatic heterocycles. The van der Waals surface area contributed by atoms with Crippen LogP contribution in [0, 0.1) is 0 Å². The number of likely N-dealkylation sites (tertiary alicyclic amines) is 1. The highest BCUT2D eigenvalue weighted by Gasteiger charge is 2.43. The van der Waals surface area contributed by atoms with Crippen molar-refractivity contribution in [1.82, 2.24) is 4.90 Å². The van der Waals surface area contributed by atoms with Gasteiger partial charge in [-0.15, -0.1) is 0 Å². The van der Waals surface area contributed by atoms with Crippen LogP contribution in [0.2, 0.25) is 0 Å². The Balaban J connectivity index is 2.44. The summed E-state index contributed by atoms with van der Waals surface area (Å²) in [4.78, 5) is 14.5. The maximum atomic E-state index is 12.3. The van der Waals surface area contributed by atoms with Crippen LogP contribution in [0.3, 0.4) is 0 Å². The minimum Gasteiger partial charge on any atom is -0.508 e. The molecule has 1 aromatic rings. The van der Waals surface area contributed by atoms with Crippen molar-refractivity contribution < 1.29 is 9.90 Å². The van der Waals surface area contributed by atoms with E-state index < -0.39 is 5.41 Å². The SMILES string of the molecule is CCC(=O)C1(c2cccc(O)c2)CCN(C)C1. The highest BCUT2D eigenvalue weighted by Crippen LogP contribution is 2.37. The van der Waals surface area contributed by atoms with Crippen molar-refractivity contribution >= 4 is 5.78 Å². The van der Waals surface area contributed by atoms with Gasteiger partial charge in [0.05, 0.1) is 5.41 Å². The van der Waals surface area contributed by atoms with Crippen LogP contribution in [0.15, 0.2) is 24.3 Å². The van der Waals surface area contributed by atoms with E-state index in [0.29, 0.717) is 6.42 Å². The first-order valence-corrected chi connectivity index (χ1v) is 6.10. The average Bonchev–Trinajstić information content (AvgIpc) is 2.72. The molecule has 0 amide bonds. The lowest BCUT2D eigenvalue weighted by Crippen LogP contribution is -2.38. The van der Waals surface area contributed by atoms with Gasteiger partial charge in [0.2, 0.25) is 0 Å². The minimum absolute atomic E-state index is 0.236. The molecule has 0 bridgehead atoms. The molecule has 1 N–H and O–H groups in total. The maximum absolute atomic E-state index is 12.3. The smallest absolute Gasteiger partial charge is 0.144 e. The van der Waals surface area contributed by atoms with Gasteiger partial charge in [-0.2, -0.15) is 0 Å². The number of phenols is 1. The summed E-state index contributed by atoms with van der Waals surface area (Å²) in [6.07, 6.45) is 1.39. The molecule has 1 aliphatic rings. The quantitative estimate of drug-likeness (QED) is 0.867. The second kappa shape index (κ2) is 4.49. The van der Waals surface area contributed by atoms with Crippen LogP contribution < -0.4 is 0 Å². The van der Waals surface area contributed by atoms with Gasteiger partial charge in [-0.3, -0.25) is 4.79 Å². The van der Waals surface area contributed by atoms with Crippen LogP contribution >= 0.6 is 0 Å². The van der Waals surface area contributed by atoms with E-state index in [4.69, 9.17) is 0 Å². The van der Waals surface area contributed by atoms with Crippen molar-refractivity contribution in [3.05, 3.63) is 29.8 Å². The van der Waals surface area contributed by atoms with E-state index in [-0.39, 0.29) is 11.5 Å². The number of carbonyl (C=O) groups is 1. The van der Waals surface area contributed by atoms with Crippen molar-refractivity contribution in [1.29, 1.82) is 0 Å². The van der Waals surface area contributed by atoms with E-state index in [0.717, 1.165) is 25.1 Å². The fourth-order valence-corrected chi connectivity index (χ4v) is 2.77. The zero-order valence-corrected chi connectivity index (χ0v) is 10.4. The second-order valence-electron chi connectivity index (χ2n) is 4.90. The van der Waals surface area contributed by atoms with Crippen LogP contribution in [0.4, 0.5) is 0 Å². The third-order valence-corrected chi connectivity index (χ3v) is 3.71. The molecule has 92 valence electrons. The van der Waals surface area contributed by atoms with Gasteiger partial charge in [0.15, 0.2) is 0 Å². The topological polar surface area (TPSA) is 40.5 Å². The summed E-state index contributed by atoms with van der Waals surface area (Å²) in [5, 5.41) is 9.58. The number of hydrogen-bond donors (Lipinski definition) is 1. The molecule has 3 heteroatoms. The molecule has 17 heavy (non-hydrogen) atoms. The van der Waals surface area contributed by atoms with Gasteiger partial charge in [-0.05, 0) is 37.7 Å². The summed E-state index contributed by atoms with van der Waals surface area (Å²) < 4.78 is 0. The molecule has 1 aromatic carbocycles. The second-order valence-corrected chi connectivity index (χ2v) is 4.90. The Kier molecular flexibility index (Phi) is 3.20. The van der Waals surface area contributed by atoms with Gasteiger partial charge >= 0.3 is 0 Å². The standard InChI is InChI=1S/C14H19NO2/c1-3-13(17)14(7-8-15(2)10-14)11-5-4-6-12(16)9-11/h4-6,9,16H,3,7-8,10H2,1-2H3. The average molecular weight is 233 g/mol. The van der Waals surface area contributed by atoms with Gasteiger partial charge < -0.3 is 10.0 Å². The molecule has 1 heterocycles. The number of nitrogens with zero attached hydrogens (tertiary/aromatic N) is 1. The number of Topliss-reactive ketones (excluding diaryl/α,β-unsaturated/α-hetero) is 1. The molecular weight excluding hydrogens is 214 g/mol. The Morgan fingerprint density at radius 1 is 1.53 bits per heavy atom. The molecule has 1 fully saturated rings. The van der Waals surface area contributed by atoms with Crippen LogP contribution in [0.1, 0.15) is 25.3 Å². The van der Waals surface area contributed by atoms with Crippen molar-refractivity contribution in [3.63, 3.8) is 0 Å². The molecule has 0 aliphatic carbocycles. The van der Waals surface area contributed by atoms with Crippen molar-refractivity contribution in [2.24, 2.45) is 0 Å². The molecule has 0 aromatic heterocycles. The highest BCUT2D eigenvalue weighted by molar-refractivity contribution is 5.90. The Hall–Kier alpha value is -1.35. The predicted octanol–water partition coefficient (Wildman–Crippen LogP) is 1.94. The first kappa shape index (κ1) is 12.1. The van der Waals surface area contributed by atoms with E-state index >= 15 is 0 Å². The molecule has 1 saturated heterocycles. The largest absolute Gasteiger partial charge is 0.508 e. The number of carbonyl (C=O) groups excluding carboxylic acids is 1. The lowest BCUT2D eigenvalue weighted by atomic mass is 9.75. The van der Waals surface area contributed by atoms with E-state index in [1.54, 1.807) is 12.1 Å². The Morgan fingerprint density at radius 2 is 2.29 bits per heavy atom. The number of rotatable bonds is 3. The monoisotopic (exact) mass is 233 g/mol. The van der Waals surface area contributed by atoms with Crippen LogP contribution in [0.5, 0.6) is 5.75 Å². The molecule has 0 saturated carbocycles. The van der Waals surface area contributed by atoms with Crippen molar-refractivity contribution in [3.8, 4) is 5.75 Å². The van der Waals surface area contributed by atoms with E-state index in [9.17, 15) is 9.90 Å². The van der Waals surface area contributed by atoms with Crippen LogP contribution in [-0.2, 0) is 10.2 Å². The van der Waals surface area contributed by atoms with Crippen molar-refractivity contribution in [2.45, 2.75) is 25.2 Å². The van der Waals surface area contributed by atoms with Gasteiger partial charge in [0.25, 0.3) is 0 Å². The number of likely N-dealkylation sites (N-methyl/N-ethyl adjacent to an activating group) is 1. The van der Waals surface area contributed by atoms with Crippen LogP contribution in [0.25, 0.3) is 0 Å². The van der Waals surface area contributed by atoms with Crippen molar-refractivity contribution in [2.75, 3.05) is 20.1 Å². The zero-order valence-electron chi connectivity index (χ0n) is 10.4. The first-order chi connectivity index (χ1) is 8.08. The number of benzene rings is 1. The van der Waals surface area contributed by atoms with Gasteiger partial charge in [-0.1, -0.05) is 19.1 Å². The van der Waals surface area contributed by atoms with Gasteiger partial charge in [0.1, 0.15) is 11.5 Å². The van der Waals surface area contributed by atoms with Gasteiger partial charge in [-0.25, -0.2) is 0 Å². The molecule has 1 atom stereocenters. The normalized spacial score (nSPS) is 25.1. The lowest BCUT2D eigenvalue weighted by molar-refractivity contribution is -0.123. The third-order valence-electron chi connectivity index (χ3n) is 3.71. The summed E-state index contributed by atoms with van der Waals surface area (Å²) in [6.45, 7) is 3.59. The molecule has 0 radical (unpaired) electrons. The van der Waals surface area contributed by atoms with E-state index in [1.165, 1.54) is 0 Å². The fourth-order valence-electron chi connectivity index (χ4n) is 2.77. The highest BCUT2D eigenvalue weighted by atomic mass is 16.3. The summed E-state index contributed by atoms with van der Waals surface area (Å²) in [5.41, 5.74) is 0.538. The van der Waals surface area contributed by atoms with E-state index in [1.807, 2.05) is 26.1 Å². The minimum atomic E-state index is -0.414. The molecule has 3 nitrogen and oxygen atoms in total. The van der Waals surface area contributed by atoms with E-state index in [2.05, 4.69) is 4.90 Å². The molecule has 2 rings (SSSR count). The molecular formula is C14H19NO2. The Labute approximate surface area is 102 Å². The number of ketones is 1. The predicted molar refractivity (Wildman–Crippen MR) is 67.2 cm³/mol. The van der Waals surface area contributed by atoms with Gasteiger partial charge in [0, 0.05) is 13.0 Å². The Morgan fingerprint density at radius 3 is 2.82 bits per heavy atom. The summed E-state index contributed by atoms with van der Waals surface area (Å²) in [6, 6.07) is 7.14. The maximum Gasteiger partial charge on any atom is 0.144 e. The molecule has 1 unspecified atom stereocenters. The number of aromatic hydroxyl groups is 1. The first-order valence-electron chi connectivity index (χ1n) is 6.10. The Bertz CT molecular complexity index is 430. The van der Waals surface area contributed by atoms with Crippen LogP contribution in [-0.4, -0.2) is 35.9 Å². The lowest BCUT2D eigenvalue weighted by Gasteiger charge is -2.27. The summed E-state index contributed by atoms with van der Waals surface area (Å²) >= 11 is 0. The number of phenolic OH excluding ortho intramolecular Hbond substituents is 1. The summed E-state index contributed by atoms with van der Waals surface area (Å²) in [7, 11) is 2.04. The zero-order chi connectivity index (χ0) is 12.5.